The highest BCUT2D eigenvalue weighted by Crippen LogP contribution is 2.11. The third-order valence-electron chi connectivity index (χ3n) is 1.11. The topological polar surface area (TPSA) is 20.2 Å². The molecule has 9 heavy (non-hydrogen) atoms. The van der Waals surface area contributed by atoms with Gasteiger partial charge in [0.1, 0.15) is 0 Å². The first-order chi connectivity index (χ1) is 4.27. The van der Waals surface area contributed by atoms with E-state index in [0.717, 1.165) is 30.2 Å². The van der Waals surface area contributed by atoms with Gasteiger partial charge in [0, 0.05) is 6.61 Å². The number of aliphatic hydroxyl groups is 1. The SMILES string of the molecule is C=C(Br)CCCCCO. The molecule has 0 fully saturated rings. The van der Waals surface area contributed by atoms with Crippen LogP contribution in [0.25, 0.3) is 0 Å². The van der Waals surface area contributed by atoms with Gasteiger partial charge in [-0.05, 0) is 23.7 Å². The molecule has 0 heterocycles. The molecule has 0 aromatic rings. The van der Waals surface area contributed by atoms with Crippen LogP contribution in [0.15, 0.2) is 11.1 Å². The zero-order valence-electron chi connectivity index (χ0n) is 5.57. The van der Waals surface area contributed by atoms with Crippen LogP contribution < -0.4 is 0 Å². The standard InChI is InChI=1S/C7H13BrO/c1-7(8)5-3-2-4-6-9/h9H,1-6H2. The highest BCUT2D eigenvalue weighted by Gasteiger charge is 1.88. The van der Waals surface area contributed by atoms with Gasteiger partial charge in [-0.2, -0.15) is 0 Å². The molecule has 0 unspecified atom stereocenters. The summed E-state index contributed by atoms with van der Waals surface area (Å²) in [6.07, 6.45) is 4.17. The molecule has 0 spiro atoms. The zero-order chi connectivity index (χ0) is 7.11. The van der Waals surface area contributed by atoms with Crippen molar-refractivity contribution in [2.75, 3.05) is 6.61 Å². The van der Waals surface area contributed by atoms with Crippen LogP contribution in [0, 0.1) is 0 Å². The lowest BCUT2D eigenvalue weighted by Gasteiger charge is -1.95. The predicted octanol–water partition coefficient (Wildman–Crippen LogP) is 2.45. The van der Waals surface area contributed by atoms with Gasteiger partial charge in [-0.25, -0.2) is 0 Å². The largest absolute Gasteiger partial charge is 0.396 e. The van der Waals surface area contributed by atoms with Crippen LogP contribution in [0.5, 0.6) is 0 Å². The number of hydrogen-bond donors (Lipinski definition) is 1. The minimum absolute atomic E-state index is 0.314. The van der Waals surface area contributed by atoms with Crippen molar-refractivity contribution in [3.05, 3.63) is 11.1 Å². The van der Waals surface area contributed by atoms with E-state index in [0.29, 0.717) is 6.61 Å². The summed E-state index contributed by atoms with van der Waals surface area (Å²) >= 11 is 3.27. The number of unbranched alkanes of at least 4 members (excludes halogenated alkanes) is 2. The molecule has 0 aliphatic heterocycles. The molecule has 0 atom stereocenters. The molecule has 0 radical (unpaired) electrons. The Kier molecular flexibility index (Phi) is 6.43. The van der Waals surface area contributed by atoms with Gasteiger partial charge >= 0.3 is 0 Å². The summed E-state index contributed by atoms with van der Waals surface area (Å²) in [5.41, 5.74) is 0. The molecule has 0 aliphatic rings. The van der Waals surface area contributed by atoms with E-state index in [1.165, 1.54) is 0 Å². The van der Waals surface area contributed by atoms with Gasteiger partial charge in [0.15, 0.2) is 0 Å². The van der Waals surface area contributed by atoms with Crippen molar-refractivity contribution in [1.82, 2.24) is 0 Å². The van der Waals surface area contributed by atoms with Crippen molar-refractivity contribution in [3.63, 3.8) is 0 Å². The van der Waals surface area contributed by atoms with Crippen molar-refractivity contribution < 1.29 is 5.11 Å². The predicted molar refractivity (Wildman–Crippen MR) is 43.6 cm³/mol. The fourth-order valence-corrected chi connectivity index (χ4v) is 0.886. The summed E-state index contributed by atoms with van der Waals surface area (Å²) in [5.74, 6) is 0. The number of hydrogen-bond acceptors (Lipinski definition) is 1. The Bertz CT molecular complexity index is 81.0. The third-order valence-corrected chi connectivity index (χ3v) is 1.50. The van der Waals surface area contributed by atoms with Crippen LogP contribution in [-0.2, 0) is 0 Å². The van der Waals surface area contributed by atoms with Gasteiger partial charge in [-0.1, -0.05) is 28.9 Å². The number of aliphatic hydroxyl groups excluding tert-OH is 1. The summed E-state index contributed by atoms with van der Waals surface area (Å²) in [4.78, 5) is 0. The molecule has 0 aromatic carbocycles. The Morgan fingerprint density at radius 3 is 2.44 bits per heavy atom. The Labute approximate surface area is 64.9 Å². The average Bonchev–Trinajstić information content (AvgIpc) is 1.80. The third kappa shape index (κ3) is 8.18. The van der Waals surface area contributed by atoms with Gasteiger partial charge < -0.3 is 5.11 Å². The highest BCUT2D eigenvalue weighted by molar-refractivity contribution is 9.11. The molecule has 0 rings (SSSR count). The molecule has 0 saturated carbocycles. The van der Waals surface area contributed by atoms with E-state index in [1.807, 2.05) is 0 Å². The Balaban J connectivity index is 2.83. The number of halogens is 1. The normalized spacial score (nSPS) is 9.56. The van der Waals surface area contributed by atoms with E-state index in [9.17, 15) is 0 Å². The van der Waals surface area contributed by atoms with Gasteiger partial charge in [0.05, 0.1) is 0 Å². The molecule has 0 aromatic heterocycles. The average molecular weight is 193 g/mol. The molecule has 54 valence electrons. The number of rotatable bonds is 5. The zero-order valence-corrected chi connectivity index (χ0v) is 7.15. The van der Waals surface area contributed by atoms with E-state index < -0.39 is 0 Å². The van der Waals surface area contributed by atoms with Crippen molar-refractivity contribution in [1.29, 1.82) is 0 Å². The second kappa shape index (κ2) is 6.30. The molecular formula is C7H13BrO. The summed E-state index contributed by atoms with van der Waals surface area (Å²) < 4.78 is 1.06. The first-order valence-electron chi connectivity index (χ1n) is 3.21. The second-order valence-electron chi connectivity index (χ2n) is 2.05. The summed E-state index contributed by atoms with van der Waals surface area (Å²) in [6, 6.07) is 0. The molecule has 2 heteroatoms. The maximum Gasteiger partial charge on any atom is 0.0431 e. The molecule has 0 amide bonds. The first-order valence-corrected chi connectivity index (χ1v) is 4.01. The van der Waals surface area contributed by atoms with Crippen LogP contribution in [0.3, 0.4) is 0 Å². The van der Waals surface area contributed by atoms with E-state index >= 15 is 0 Å². The fourth-order valence-electron chi connectivity index (χ4n) is 0.605. The highest BCUT2D eigenvalue weighted by atomic mass is 79.9. The quantitative estimate of drug-likeness (QED) is 0.665. The van der Waals surface area contributed by atoms with Gasteiger partial charge in [0.25, 0.3) is 0 Å². The van der Waals surface area contributed by atoms with E-state index in [4.69, 9.17) is 5.11 Å². The smallest absolute Gasteiger partial charge is 0.0431 e. The minimum atomic E-state index is 0.314. The molecule has 0 bridgehead atoms. The lowest BCUT2D eigenvalue weighted by atomic mass is 10.2. The first kappa shape index (κ1) is 9.18. The van der Waals surface area contributed by atoms with Crippen molar-refractivity contribution in [3.8, 4) is 0 Å². The molecule has 1 nitrogen and oxygen atoms in total. The van der Waals surface area contributed by atoms with Crippen LogP contribution in [-0.4, -0.2) is 11.7 Å². The lowest BCUT2D eigenvalue weighted by molar-refractivity contribution is 0.283. The molecular weight excluding hydrogens is 180 g/mol. The van der Waals surface area contributed by atoms with Crippen molar-refractivity contribution >= 4 is 15.9 Å². The Morgan fingerprint density at radius 2 is 2.00 bits per heavy atom. The van der Waals surface area contributed by atoms with Crippen LogP contribution >= 0.6 is 15.9 Å². The molecule has 1 N–H and O–H groups in total. The van der Waals surface area contributed by atoms with Crippen LogP contribution in [0.2, 0.25) is 0 Å². The second-order valence-corrected chi connectivity index (χ2v) is 3.17. The molecule has 0 saturated heterocycles. The Hall–Kier alpha value is 0.180. The minimum Gasteiger partial charge on any atom is -0.396 e. The van der Waals surface area contributed by atoms with E-state index in [2.05, 4.69) is 22.5 Å². The maximum absolute atomic E-state index is 8.40. The van der Waals surface area contributed by atoms with E-state index in [-0.39, 0.29) is 0 Å². The maximum atomic E-state index is 8.40. The molecule has 0 aliphatic carbocycles. The number of allylic oxidation sites excluding steroid dienone is 1. The van der Waals surface area contributed by atoms with Gasteiger partial charge in [-0.15, -0.1) is 0 Å². The van der Waals surface area contributed by atoms with Crippen molar-refractivity contribution in [2.45, 2.75) is 25.7 Å². The van der Waals surface area contributed by atoms with E-state index in [1.54, 1.807) is 0 Å². The monoisotopic (exact) mass is 192 g/mol. The van der Waals surface area contributed by atoms with Gasteiger partial charge in [0.2, 0.25) is 0 Å². The Morgan fingerprint density at radius 1 is 1.33 bits per heavy atom. The summed E-state index contributed by atoms with van der Waals surface area (Å²) in [6.45, 7) is 4.02. The van der Waals surface area contributed by atoms with Crippen LogP contribution in [0.1, 0.15) is 25.7 Å². The lowest BCUT2D eigenvalue weighted by Crippen LogP contribution is -1.82. The summed E-state index contributed by atoms with van der Waals surface area (Å²) in [5, 5.41) is 8.40. The van der Waals surface area contributed by atoms with Crippen molar-refractivity contribution in [2.24, 2.45) is 0 Å². The fraction of sp³-hybridized carbons (Fsp3) is 0.714. The summed E-state index contributed by atoms with van der Waals surface area (Å²) in [7, 11) is 0. The van der Waals surface area contributed by atoms with Crippen LogP contribution in [0.4, 0.5) is 0 Å². The van der Waals surface area contributed by atoms with Gasteiger partial charge in [-0.3, -0.25) is 0 Å².